The third-order valence-corrected chi connectivity index (χ3v) is 2.07. The SMILES string of the molecule is CC(C)=CCOc1ccc(N(C)N=O)cc1. The van der Waals surface area contributed by atoms with Gasteiger partial charge >= 0.3 is 0 Å². The number of allylic oxidation sites excluding steroid dienone is 1. The second kappa shape index (κ2) is 5.90. The third kappa shape index (κ3) is 3.73. The minimum absolute atomic E-state index is 0.559. The van der Waals surface area contributed by atoms with E-state index in [9.17, 15) is 4.91 Å². The van der Waals surface area contributed by atoms with Gasteiger partial charge in [-0.05, 0) is 44.2 Å². The van der Waals surface area contributed by atoms with Crippen molar-refractivity contribution in [3.63, 3.8) is 0 Å². The van der Waals surface area contributed by atoms with Crippen LogP contribution >= 0.6 is 0 Å². The standard InChI is InChI=1S/C12H16N2O2/c1-10(2)8-9-16-12-6-4-11(5-7-12)14(3)13-15/h4-8H,9H2,1-3H3. The first kappa shape index (κ1) is 12.2. The number of nitroso groups, excluding NO2 is 1. The molecule has 0 aliphatic heterocycles. The molecule has 0 heterocycles. The molecule has 0 aromatic heterocycles. The highest BCUT2D eigenvalue weighted by Gasteiger charge is 1.99. The van der Waals surface area contributed by atoms with Crippen LogP contribution in [0.3, 0.4) is 0 Å². The summed E-state index contributed by atoms with van der Waals surface area (Å²) in [5, 5.41) is 4.07. The summed E-state index contributed by atoms with van der Waals surface area (Å²) in [7, 11) is 1.60. The van der Waals surface area contributed by atoms with Gasteiger partial charge in [-0.25, -0.2) is 5.01 Å². The van der Waals surface area contributed by atoms with E-state index < -0.39 is 0 Å². The van der Waals surface area contributed by atoms with Gasteiger partial charge in [-0.15, -0.1) is 4.91 Å². The second-order valence-electron chi connectivity index (χ2n) is 3.69. The van der Waals surface area contributed by atoms with Crippen molar-refractivity contribution >= 4 is 5.69 Å². The van der Waals surface area contributed by atoms with E-state index in [1.165, 1.54) is 10.6 Å². The van der Waals surface area contributed by atoms with Gasteiger partial charge in [0.25, 0.3) is 0 Å². The third-order valence-electron chi connectivity index (χ3n) is 2.07. The van der Waals surface area contributed by atoms with Crippen molar-refractivity contribution in [3.8, 4) is 5.75 Å². The molecular formula is C12H16N2O2. The first-order valence-electron chi connectivity index (χ1n) is 5.06. The summed E-state index contributed by atoms with van der Waals surface area (Å²) in [5.41, 5.74) is 1.96. The van der Waals surface area contributed by atoms with Crippen LogP contribution in [-0.4, -0.2) is 13.7 Å². The van der Waals surface area contributed by atoms with Crippen LogP contribution in [0, 0.1) is 4.91 Å². The van der Waals surface area contributed by atoms with Crippen molar-refractivity contribution in [2.24, 2.45) is 5.29 Å². The van der Waals surface area contributed by atoms with Gasteiger partial charge in [0.2, 0.25) is 0 Å². The van der Waals surface area contributed by atoms with Gasteiger partial charge in [0.15, 0.2) is 0 Å². The van der Waals surface area contributed by atoms with Gasteiger partial charge in [0.05, 0.1) is 11.0 Å². The summed E-state index contributed by atoms with van der Waals surface area (Å²) in [5.74, 6) is 0.778. The molecule has 0 N–H and O–H groups in total. The van der Waals surface area contributed by atoms with E-state index in [4.69, 9.17) is 4.74 Å². The van der Waals surface area contributed by atoms with Crippen molar-refractivity contribution < 1.29 is 4.74 Å². The van der Waals surface area contributed by atoms with Crippen LogP contribution in [0.15, 0.2) is 41.2 Å². The lowest BCUT2D eigenvalue weighted by atomic mass is 10.3. The number of ether oxygens (including phenoxy) is 1. The van der Waals surface area contributed by atoms with Crippen LogP contribution in [0.5, 0.6) is 5.75 Å². The Morgan fingerprint density at radius 3 is 2.50 bits per heavy atom. The summed E-state index contributed by atoms with van der Waals surface area (Å²) in [6.45, 7) is 4.61. The predicted octanol–water partition coefficient (Wildman–Crippen LogP) is 3.15. The normalized spacial score (nSPS) is 9.44. The lowest BCUT2D eigenvalue weighted by molar-refractivity contribution is 0.362. The molecule has 0 bridgehead atoms. The average Bonchev–Trinajstić information content (AvgIpc) is 2.28. The topological polar surface area (TPSA) is 41.9 Å². The van der Waals surface area contributed by atoms with E-state index in [0.717, 1.165) is 11.4 Å². The Kier molecular flexibility index (Phi) is 4.51. The van der Waals surface area contributed by atoms with Crippen LogP contribution in [0.25, 0.3) is 0 Å². The fourth-order valence-electron chi connectivity index (χ4n) is 1.11. The largest absolute Gasteiger partial charge is 0.490 e. The molecule has 0 amide bonds. The molecule has 4 nitrogen and oxygen atoms in total. The van der Waals surface area contributed by atoms with Gasteiger partial charge in [0, 0.05) is 7.05 Å². The molecule has 0 aliphatic rings. The van der Waals surface area contributed by atoms with Gasteiger partial charge in [-0.3, -0.25) is 0 Å². The molecule has 16 heavy (non-hydrogen) atoms. The Hall–Kier alpha value is -1.84. The van der Waals surface area contributed by atoms with Crippen LogP contribution in [0.4, 0.5) is 5.69 Å². The lowest BCUT2D eigenvalue weighted by Crippen LogP contribution is -2.06. The summed E-state index contributed by atoms with van der Waals surface area (Å²) >= 11 is 0. The monoisotopic (exact) mass is 220 g/mol. The summed E-state index contributed by atoms with van der Waals surface area (Å²) in [6.07, 6.45) is 2.01. The van der Waals surface area contributed by atoms with E-state index in [1.54, 1.807) is 19.2 Å². The summed E-state index contributed by atoms with van der Waals surface area (Å²) in [4.78, 5) is 10.3. The van der Waals surface area contributed by atoms with Gasteiger partial charge in [-0.2, -0.15) is 0 Å². The predicted molar refractivity (Wildman–Crippen MR) is 65.6 cm³/mol. The fourth-order valence-corrected chi connectivity index (χ4v) is 1.11. The summed E-state index contributed by atoms with van der Waals surface area (Å²) in [6, 6.07) is 7.21. The maximum atomic E-state index is 10.3. The maximum Gasteiger partial charge on any atom is 0.119 e. The van der Waals surface area contributed by atoms with E-state index >= 15 is 0 Å². The van der Waals surface area contributed by atoms with Crippen molar-refractivity contribution in [2.75, 3.05) is 18.7 Å². The zero-order valence-electron chi connectivity index (χ0n) is 9.80. The molecule has 0 fully saturated rings. The quantitative estimate of drug-likeness (QED) is 0.435. The summed E-state index contributed by atoms with van der Waals surface area (Å²) < 4.78 is 5.48. The molecular weight excluding hydrogens is 204 g/mol. The molecule has 0 unspecified atom stereocenters. The molecule has 0 saturated heterocycles. The van der Waals surface area contributed by atoms with Gasteiger partial charge < -0.3 is 4.74 Å². The minimum Gasteiger partial charge on any atom is -0.490 e. The Labute approximate surface area is 95.5 Å². The van der Waals surface area contributed by atoms with Crippen LogP contribution in [-0.2, 0) is 0 Å². The number of hydrogen-bond acceptors (Lipinski definition) is 3. The van der Waals surface area contributed by atoms with Crippen LogP contribution < -0.4 is 9.75 Å². The highest BCUT2D eigenvalue weighted by molar-refractivity contribution is 5.47. The molecule has 1 rings (SSSR count). The van der Waals surface area contributed by atoms with Crippen LogP contribution in [0.1, 0.15) is 13.8 Å². The first-order valence-corrected chi connectivity index (χ1v) is 5.06. The molecule has 4 heteroatoms. The van der Waals surface area contributed by atoms with Gasteiger partial charge in [0.1, 0.15) is 12.4 Å². The molecule has 1 aromatic rings. The van der Waals surface area contributed by atoms with Crippen molar-refractivity contribution in [1.29, 1.82) is 0 Å². The van der Waals surface area contributed by atoms with Gasteiger partial charge in [-0.1, -0.05) is 5.57 Å². The number of anilines is 1. The van der Waals surface area contributed by atoms with Crippen molar-refractivity contribution in [3.05, 3.63) is 40.8 Å². The molecule has 1 aromatic carbocycles. The number of hydrogen-bond donors (Lipinski definition) is 0. The molecule has 0 radical (unpaired) electrons. The molecule has 0 saturated carbocycles. The number of rotatable bonds is 5. The highest BCUT2D eigenvalue weighted by Crippen LogP contribution is 2.18. The molecule has 0 atom stereocenters. The smallest absolute Gasteiger partial charge is 0.119 e. The lowest BCUT2D eigenvalue weighted by Gasteiger charge is -2.09. The fraction of sp³-hybridized carbons (Fsp3) is 0.333. The highest BCUT2D eigenvalue weighted by atomic mass is 16.5. The molecule has 0 spiro atoms. The van der Waals surface area contributed by atoms with E-state index in [-0.39, 0.29) is 0 Å². The number of nitrogens with zero attached hydrogens (tertiary/aromatic N) is 2. The molecule has 86 valence electrons. The van der Waals surface area contributed by atoms with E-state index in [2.05, 4.69) is 5.29 Å². The number of benzene rings is 1. The zero-order valence-corrected chi connectivity index (χ0v) is 9.80. The van der Waals surface area contributed by atoms with Crippen molar-refractivity contribution in [1.82, 2.24) is 0 Å². The zero-order chi connectivity index (χ0) is 12.0. The average molecular weight is 220 g/mol. The minimum atomic E-state index is 0.559. The Balaban J connectivity index is 2.58. The first-order chi connectivity index (χ1) is 7.63. The Morgan fingerprint density at radius 2 is 2.00 bits per heavy atom. The Bertz CT molecular complexity index is 367. The van der Waals surface area contributed by atoms with E-state index in [1.807, 2.05) is 32.1 Å². The maximum absolute atomic E-state index is 10.3. The van der Waals surface area contributed by atoms with Crippen molar-refractivity contribution in [2.45, 2.75) is 13.8 Å². The molecule has 0 aliphatic carbocycles. The Morgan fingerprint density at radius 1 is 1.38 bits per heavy atom. The second-order valence-corrected chi connectivity index (χ2v) is 3.69. The van der Waals surface area contributed by atoms with Crippen LogP contribution in [0.2, 0.25) is 0 Å². The van der Waals surface area contributed by atoms with E-state index in [0.29, 0.717) is 6.61 Å².